The van der Waals surface area contributed by atoms with Crippen LogP contribution < -0.4 is 4.90 Å². The molecule has 1 aliphatic rings. The molecule has 4 rings (SSSR count). The quantitative estimate of drug-likeness (QED) is 0.643. The van der Waals surface area contributed by atoms with Crippen molar-refractivity contribution in [1.82, 2.24) is 14.5 Å². The first kappa shape index (κ1) is 20.0. The molecule has 28 heavy (non-hydrogen) atoms. The fourth-order valence-electron chi connectivity index (χ4n) is 3.20. The van der Waals surface area contributed by atoms with Crippen molar-refractivity contribution in [2.45, 2.75) is 19.0 Å². The van der Waals surface area contributed by atoms with E-state index in [0.29, 0.717) is 5.56 Å². The number of carbonyl (C=O) groups excluding carboxylic acids is 1. The van der Waals surface area contributed by atoms with Crippen LogP contribution in [-0.4, -0.2) is 61.1 Å². The molecular weight excluding hydrogens is 355 g/mol. The Hall–Kier alpha value is -2.73. The summed E-state index contributed by atoms with van der Waals surface area (Å²) in [4.78, 5) is 19.4. The maximum atomic E-state index is 12.3. The lowest BCUT2D eigenvalue weighted by molar-refractivity contribution is 0.112. The zero-order chi connectivity index (χ0) is 20.1. The second-order valence-corrected chi connectivity index (χ2v) is 7.37. The van der Waals surface area contributed by atoms with E-state index >= 15 is 0 Å². The predicted molar refractivity (Wildman–Crippen MR) is 112 cm³/mol. The topological polar surface area (TPSA) is 41.4 Å². The first-order chi connectivity index (χ1) is 13.5. The van der Waals surface area contributed by atoms with Crippen molar-refractivity contribution in [3.05, 3.63) is 54.4 Å². The van der Waals surface area contributed by atoms with E-state index in [1.54, 1.807) is 6.20 Å². The summed E-state index contributed by atoms with van der Waals surface area (Å²) >= 11 is 0. The molecule has 0 radical (unpaired) electrons. The Balaban J connectivity index is 0.000000236. The van der Waals surface area contributed by atoms with Gasteiger partial charge in [-0.25, -0.2) is 9.37 Å². The third-order valence-corrected chi connectivity index (χ3v) is 4.98. The third-order valence-electron chi connectivity index (χ3n) is 4.98. The monoisotopic (exact) mass is 382 g/mol. The summed E-state index contributed by atoms with van der Waals surface area (Å²) in [5.74, 6) is 0. The van der Waals surface area contributed by atoms with Gasteiger partial charge in [-0.2, -0.15) is 0 Å². The highest BCUT2D eigenvalue weighted by molar-refractivity contribution is 5.85. The summed E-state index contributed by atoms with van der Waals surface area (Å²) in [5.41, 5.74) is 3.66. The normalized spacial score (nSPS) is 15.1. The van der Waals surface area contributed by atoms with Gasteiger partial charge in [0, 0.05) is 61.9 Å². The minimum atomic E-state index is -0.522. The van der Waals surface area contributed by atoms with E-state index in [2.05, 4.69) is 39.0 Å². The number of benzene rings is 1. The van der Waals surface area contributed by atoms with Crippen LogP contribution in [0.15, 0.2) is 48.8 Å². The van der Waals surface area contributed by atoms with Crippen LogP contribution in [0.1, 0.15) is 23.2 Å². The van der Waals surface area contributed by atoms with Crippen molar-refractivity contribution < 1.29 is 9.18 Å². The van der Waals surface area contributed by atoms with Crippen molar-refractivity contribution in [3.8, 4) is 5.69 Å². The minimum Gasteiger partial charge on any atom is -0.378 e. The summed E-state index contributed by atoms with van der Waals surface area (Å²) in [6.07, 6.45) is 5.32. The average molecular weight is 382 g/mol. The number of hydrogen-bond acceptors (Lipinski definition) is 4. The number of hydrogen-bond donors (Lipinski definition) is 0. The smallest absolute Gasteiger partial charge is 0.151 e. The van der Waals surface area contributed by atoms with Crippen molar-refractivity contribution >= 4 is 23.0 Å². The lowest BCUT2D eigenvalue weighted by atomic mass is 10.1. The first-order valence-corrected chi connectivity index (χ1v) is 9.50. The summed E-state index contributed by atoms with van der Waals surface area (Å²) in [6.45, 7) is 1.86. The van der Waals surface area contributed by atoms with Crippen LogP contribution in [-0.2, 0) is 0 Å². The van der Waals surface area contributed by atoms with Gasteiger partial charge in [0.25, 0.3) is 0 Å². The number of likely N-dealkylation sites (tertiary alicyclic amines) is 1. The van der Waals surface area contributed by atoms with Crippen molar-refractivity contribution in [1.29, 1.82) is 0 Å². The number of fused-ring (bicyclic) bond motifs is 1. The fraction of sp³-hybridized carbons (Fsp3) is 0.364. The highest BCUT2D eigenvalue weighted by atomic mass is 19.1. The first-order valence-electron chi connectivity index (χ1n) is 9.50. The standard InChI is InChI=1S/C16H15N3O.C6H12FN/c1-18(2)14-3-5-15(6-4-14)19-8-7-13-9-12(11-20)10-17-16(13)19;1-8-4-2-6(7)3-5-8/h3-11H,1-2H3;6H,2-5H2,1H3. The van der Waals surface area contributed by atoms with Gasteiger partial charge in [-0.1, -0.05) is 0 Å². The van der Waals surface area contributed by atoms with E-state index in [1.807, 2.05) is 44.0 Å². The van der Waals surface area contributed by atoms with Crippen molar-refractivity contribution in [3.63, 3.8) is 0 Å². The van der Waals surface area contributed by atoms with E-state index in [0.717, 1.165) is 54.6 Å². The Morgan fingerprint density at radius 1 is 1.14 bits per heavy atom. The van der Waals surface area contributed by atoms with Gasteiger partial charge >= 0.3 is 0 Å². The summed E-state index contributed by atoms with van der Waals surface area (Å²) in [5, 5.41) is 0.964. The van der Waals surface area contributed by atoms with Crippen LogP contribution in [0.3, 0.4) is 0 Å². The van der Waals surface area contributed by atoms with Gasteiger partial charge in [-0.05, 0) is 56.3 Å². The zero-order valence-electron chi connectivity index (χ0n) is 16.7. The molecule has 3 heterocycles. The van der Waals surface area contributed by atoms with Gasteiger partial charge in [0.1, 0.15) is 11.8 Å². The lowest BCUT2D eigenvalue weighted by Gasteiger charge is -2.23. The Morgan fingerprint density at radius 2 is 1.82 bits per heavy atom. The number of halogens is 1. The van der Waals surface area contributed by atoms with Crippen molar-refractivity contribution in [2.75, 3.05) is 39.1 Å². The van der Waals surface area contributed by atoms with E-state index in [9.17, 15) is 9.18 Å². The number of nitrogens with zero attached hydrogens (tertiary/aromatic N) is 4. The Morgan fingerprint density at radius 3 is 2.39 bits per heavy atom. The molecule has 0 aliphatic carbocycles. The zero-order valence-corrected chi connectivity index (χ0v) is 16.7. The number of alkyl halides is 1. The largest absolute Gasteiger partial charge is 0.378 e. The van der Waals surface area contributed by atoms with Gasteiger partial charge in [0.2, 0.25) is 0 Å². The van der Waals surface area contributed by atoms with Crippen LogP contribution in [0, 0.1) is 0 Å². The number of anilines is 1. The SMILES string of the molecule is CN(C)c1ccc(-n2ccc3cc(C=O)cnc32)cc1.CN1CCC(F)CC1. The molecule has 148 valence electrons. The highest BCUT2D eigenvalue weighted by Crippen LogP contribution is 2.21. The molecule has 1 saturated heterocycles. The number of aromatic nitrogens is 2. The average Bonchev–Trinajstić information content (AvgIpc) is 3.14. The number of aldehydes is 1. The van der Waals surface area contributed by atoms with Crippen LogP contribution >= 0.6 is 0 Å². The Labute approximate surface area is 165 Å². The van der Waals surface area contributed by atoms with Gasteiger partial charge in [-0.3, -0.25) is 4.79 Å². The second-order valence-electron chi connectivity index (χ2n) is 7.37. The molecule has 1 aromatic carbocycles. The highest BCUT2D eigenvalue weighted by Gasteiger charge is 2.14. The molecule has 0 amide bonds. The van der Waals surface area contributed by atoms with Gasteiger partial charge in [0.05, 0.1) is 0 Å². The van der Waals surface area contributed by atoms with Gasteiger partial charge in [0.15, 0.2) is 6.29 Å². The van der Waals surface area contributed by atoms with Crippen LogP contribution in [0.5, 0.6) is 0 Å². The van der Waals surface area contributed by atoms with Gasteiger partial charge in [-0.15, -0.1) is 0 Å². The maximum absolute atomic E-state index is 12.3. The number of piperidine rings is 1. The van der Waals surface area contributed by atoms with Crippen LogP contribution in [0.25, 0.3) is 16.7 Å². The minimum absolute atomic E-state index is 0.522. The second kappa shape index (κ2) is 8.97. The molecule has 0 N–H and O–H groups in total. The third kappa shape index (κ3) is 4.75. The fourth-order valence-corrected chi connectivity index (χ4v) is 3.20. The Kier molecular flexibility index (Phi) is 6.41. The number of pyridine rings is 1. The molecule has 5 nitrogen and oxygen atoms in total. The molecule has 0 saturated carbocycles. The number of rotatable bonds is 3. The molecule has 0 atom stereocenters. The maximum Gasteiger partial charge on any atom is 0.151 e. The van der Waals surface area contributed by atoms with E-state index in [4.69, 9.17) is 0 Å². The Bertz CT molecular complexity index is 902. The molecule has 0 unspecified atom stereocenters. The van der Waals surface area contributed by atoms with Crippen LogP contribution in [0.2, 0.25) is 0 Å². The molecule has 0 spiro atoms. The lowest BCUT2D eigenvalue weighted by Crippen LogP contribution is -2.30. The molecule has 0 bridgehead atoms. The number of carbonyl (C=O) groups is 1. The summed E-state index contributed by atoms with van der Waals surface area (Å²) in [7, 11) is 6.07. The van der Waals surface area contributed by atoms with Crippen molar-refractivity contribution in [2.24, 2.45) is 0 Å². The van der Waals surface area contributed by atoms with E-state index in [1.165, 1.54) is 0 Å². The molecule has 6 heteroatoms. The summed E-state index contributed by atoms with van der Waals surface area (Å²) in [6, 6.07) is 12.1. The molecule has 2 aromatic heterocycles. The summed E-state index contributed by atoms with van der Waals surface area (Å²) < 4.78 is 14.3. The van der Waals surface area contributed by atoms with E-state index in [-0.39, 0.29) is 0 Å². The van der Waals surface area contributed by atoms with Crippen LogP contribution in [0.4, 0.5) is 10.1 Å². The van der Waals surface area contributed by atoms with E-state index < -0.39 is 6.17 Å². The predicted octanol–water partition coefficient (Wildman–Crippen LogP) is 3.95. The molecule has 1 fully saturated rings. The molecular formula is C22H27FN4O. The van der Waals surface area contributed by atoms with Gasteiger partial charge < -0.3 is 14.4 Å². The molecule has 3 aromatic rings. The molecule has 1 aliphatic heterocycles.